The molecule has 0 aliphatic rings. The number of nitrogens with two attached hydrogens (primary N) is 1. The van der Waals surface area contributed by atoms with Crippen LogP contribution in [-0.2, 0) is 4.79 Å². The first-order valence-corrected chi connectivity index (χ1v) is 6.09. The second-order valence-electron chi connectivity index (χ2n) is 3.49. The third kappa shape index (κ3) is 3.59. The molecule has 0 bridgehead atoms. The van der Waals surface area contributed by atoms with Gasteiger partial charge in [-0.1, -0.05) is 37.3 Å². The van der Waals surface area contributed by atoms with Gasteiger partial charge in [0.1, 0.15) is 0 Å². The lowest BCUT2D eigenvalue weighted by molar-refractivity contribution is -0.117. The van der Waals surface area contributed by atoms with Gasteiger partial charge in [-0.25, -0.2) is 0 Å². The fourth-order valence-corrected chi connectivity index (χ4v) is 2.53. The van der Waals surface area contributed by atoms with Gasteiger partial charge in [-0.05, 0) is 18.9 Å². The van der Waals surface area contributed by atoms with Gasteiger partial charge in [-0.2, -0.15) is 0 Å². The Morgan fingerprint density at radius 3 is 2.47 bits per heavy atom. The van der Waals surface area contributed by atoms with Gasteiger partial charge in [-0.15, -0.1) is 11.8 Å². The molecule has 0 saturated heterocycles. The Morgan fingerprint density at radius 1 is 1.40 bits per heavy atom. The number of thioether (sulfide) groups is 1. The summed E-state index contributed by atoms with van der Waals surface area (Å²) in [6.45, 7) is 3.98. The number of hydrogen-bond donors (Lipinski definition) is 1. The zero-order chi connectivity index (χ0) is 11.3. The van der Waals surface area contributed by atoms with E-state index in [9.17, 15) is 4.79 Å². The van der Waals surface area contributed by atoms with E-state index in [1.165, 1.54) is 5.56 Å². The Morgan fingerprint density at radius 2 is 2.00 bits per heavy atom. The number of carbonyl (C=O) groups is 1. The van der Waals surface area contributed by atoms with Crippen molar-refractivity contribution in [3.63, 3.8) is 0 Å². The molecule has 0 aliphatic heterocycles. The molecule has 2 nitrogen and oxygen atoms in total. The molecule has 15 heavy (non-hydrogen) atoms. The van der Waals surface area contributed by atoms with Crippen molar-refractivity contribution in [2.45, 2.75) is 30.8 Å². The second kappa shape index (κ2) is 5.81. The molecule has 1 aromatic rings. The van der Waals surface area contributed by atoms with Crippen LogP contribution in [0.25, 0.3) is 0 Å². The smallest absolute Gasteiger partial charge is 0.230 e. The molecule has 0 spiro atoms. The SMILES string of the molecule is CC[C@H](S[C@H](C)C(N)=O)c1ccccc1. The van der Waals surface area contributed by atoms with Crippen molar-refractivity contribution in [2.24, 2.45) is 5.73 Å². The summed E-state index contributed by atoms with van der Waals surface area (Å²) in [5, 5.41) is 0.226. The van der Waals surface area contributed by atoms with E-state index < -0.39 is 0 Å². The number of primary amides is 1. The van der Waals surface area contributed by atoms with Crippen molar-refractivity contribution < 1.29 is 4.79 Å². The molecule has 0 fully saturated rings. The molecule has 0 radical (unpaired) electrons. The minimum absolute atomic E-state index is 0.129. The van der Waals surface area contributed by atoms with Gasteiger partial charge in [0.25, 0.3) is 0 Å². The molecule has 2 N–H and O–H groups in total. The van der Waals surface area contributed by atoms with Crippen LogP contribution in [0.2, 0.25) is 0 Å². The van der Waals surface area contributed by atoms with Crippen LogP contribution >= 0.6 is 11.8 Å². The zero-order valence-corrected chi connectivity index (χ0v) is 9.96. The van der Waals surface area contributed by atoms with Crippen molar-refractivity contribution in [3.8, 4) is 0 Å². The number of hydrogen-bond acceptors (Lipinski definition) is 2. The lowest BCUT2D eigenvalue weighted by atomic mass is 10.1. The summed E-state index contributed by atoms with van der Waals surface area (Å²) < 4.78 is 0. The first-order chi connectivity index (χ1) is 7.15. The highest BCUT2D eigenvalue weighted by Gasteiger charge is 2.17. The van der Waals surface area contributed by atoms with Crippen molar-refractivity contribution in [1.82, 2.24) is 0 Å². The molecule has 1 rings (SSSR count). The molecule has 1 amide bonds. The minimum Gasteiger partial charge on any atom is -0.369 e. The monoisotopic (exact) mass is 223 g/mol. The summed E-state index contributed by atoms with van der Waals surface area (Å²) in [5.41, 5.74) is 6.52. The predicted octanol–water partition coefficient (Wildman–Crippen LogP) is 2.74. The summed E-state index contributed by atoms with van der Waals surface area (Å²) in [7, 11) is 0. The molecule has 0 aromatic heterocycles. The van der Waals surface area contributed by atoms with E-state index in [2.05, 4.69) is 19.1 Å². The van der Waals surface area contributed by atoms with E-state index in [1.807, 2.05) is 25.1 Å². The maximum Gasteiger partial charge on any atom is 0.230 e. The highest BCUT2D eigenvalue weighted by atomic mass is 32.2. The standard InChI is InChI=1S/C12H17NOS/c1-3-11(15-9(2)12(13)14)10-7-5-4-6-8-10/h4-9,11H,3H2,1-2H3,(H2,13,14)/t9-,11+/m1/s1. The third-order valence-corrected chi connectivity index (χ3v) is 3.89. The van der Waals surface area contributed by atoms with Crippen LogP contribution in [0.5, 0.6) is 0 Å². The molecule has 1 aromatic carbocycles. The predicted molar refractivity (Wildman–Crippen MR) is 65.7 cm³/mol. The molecule has 0 aliphatic carbocycles. The van der Waals surface area contributed by atoms with Crippen molar-refractivity contribution >= 4 is 17.7 Å². The molecule has 0 unspecified atom stereocenters. The van der Waals surface area contributed by atoms with E-state index in [0.29, 0.717) is 5.25 Å². The minimum atomic E-state index is -0.241. The largest absolute Gasteiger partial charge is 0.369 e. The zero-order valence-electron chi connectivity index (χ0n) is 9.14. The van der Waals surface area contributed by atoms with E-state index in [-0.39, 0.29) is 11.2 Å². The van der Waals surface area contributed by atoms with E-state index in [0.717, 1.165) is 6.42 Å². The van der Waals surface area contributed by atoms with Crippen LogP contribution in [0.1, 0.15) is 31.1 Å². The Bertz CT molecular complexity index is 313. The third-order valence-electron chi connectivity index (χ3n) is 2.31. The molecule has 2 atom stereocenters. The lowest BCUT2D eigenvalue weighted by Crippen LogP contribution is -2.23. The van der Waals surface area contributed by atoms with Gasteiger partial charge >= 0.3 is 0 Å². The maximum atomic E-state index is 11.0. The van der Waals surface area contributed by atoms with E-state index in [1.54, 1.807) is 11.8 Å². The van der Waals surface area contributed by atoms with Crippen molar-refractivity contribution in [2.75, 3.05) is 0 Å². The summed E-state index contributed by atoms with van der Waals surface area (Å²) >= 11 is 1.63. The fourth-order valence-electron chi connectivity index (χ4n) is 1.39. The van der Waals surface area contributed by atoms with E-state index in [4.69, 9.17) is 5.73 Å². The molecular formula is C12H17NOS. The van der Waals surface area contributed by atoms with E-state index >= 15 is 0 Å². The Kier molecular flexibility index (Phi) is 4.69. The van der Waals surface area contributed by atoms with Gasteiger partial charge in [0.05, 0.1) is 5.25 Å². The highest BCUT2D eigenvalue weighted by molar-refractivity contribution is 8.00. The van der Waals surface area contributed by atoms with Crippen molar-refractivity contribution in [3.05, 3.63) is 35.9 Å². The van der Waals surface area contributed by atoms with Crippen LogP contribution in [0, 0.1) is 0 Å². The van der Waals surface area contributed by atoms with Crippen LogP contribution in [0.3, 0.4) is 0 Å². The van der Waals surface area contributed by atoms with Crippen molar-refractivity contribution in [1.29, 1.82) is 0 Å². The molecule has 3 heteroatoms. The van der Waals surface area contributed by atoms with Gasteiger partial charge in [0, 0.05) is 5.25 Å². The Hall–Kier alpha value is -0.960. The number of rotatable bonds is 5. The molecule has 0 saturated carbocycles. The highest BCUT2D eigenvalue weighted by Crippen LogP contribution is 2.34. The average Bonchev–Trinajstić information content (AvgIpc) is 2.26. The normalized spacial score (nSPS) is 14.5. The van der Waals surface area contributed by atoms with Gasteiger partial charge < -0.3 is 5.73 Å². The van der Waals surface area contributed by atoms with Gasteiger partial charge in [-0.3, -0.25) is 4.79 Å². The molecule has 0 heterocycles. The number of amides is 1. The number of carbonyl (C=O) groups excluding carboxylic acids is 1. The topological polar surface area (TPSA) is 43.1 Å². The second-order valence-corrected chi connectivity index (χ2v) is 5.04. The average molecular weight is 223 g/mol. The Balaban J connectivity index is 2.69. The summed E-state index contributed by atoms with van der Waals surface area (Å²) in [5.74, 6) is -0.241. The van der Waals surface area contributed by atoms with Crippen LogP contribution in [0.4, 0.5) is 0 Å². The molecule has 82 valence electrons. The quantitative estimate of drug-likeness (QED) is 0.834. The first-order valence-electron chi connectivity index (χ1n) is 5.14. The van der Waals surface area contributed by atoms with Crippen LogP contribution < -0.4 is 5.73 Å². The summed E-state index contributed by atoms with van der Waals surface area (Å²) in [6, 6.07) is 10.2. The van der Waals surface area contributed by atoms with Crippen LogP contribution in [0.15, 0.2) is 30.3 Å². The summed E-state index contributed by atoms with van der Waals surface area (Å²) in [6.07, 6.45) is 1.01. The maximum absolute atomic E-state index is 11.0. The van der Waals surface area contributed by atoms with Gasteiger partial charge in [0.15, 0.2) is 0 Å². The Labute approximate surface area is 95.2 Å². The van der Waals surface area contributed by atoms with Gasteiger partial charge in [0.2, 0.25) is 5.91 Å². The number of benzene rings is 1. The molecular weight excluding hydrogens is 206 g/mol. The fraction of sp³-hybridized carbons (Fsp3) is 0.417. The lowest BCUT2D eigenvalue weighted by Gasteiger charge is -2.17. The summed E-state index contributed by atoms with van der Waals surface area (Å²) in [4.78, 5) is 11.0. The first kappa shape index (κ1) is 12.1. The van der Waals surface area contributed by atoms with Crippen LogP contribution in [-0.4, -0.2) is 11.2 Å².